The maximum Gasteiger partial charge on any atom is 0.330 e. The third-order valence-corrected chi connectivity index (χ3v) is 1.69. The molecule has 0 saturated heterocycles. The van der Waals surface area contributed by atoms with Gasteiger partial charge in [-0.25, -0.2) is 4.79 Å². The molecule has 1 unspecified atom stereocenters. The van der Waals surface area contributed by atoms with E-state index in [0.717, 1.165) is 0 Å². The highest BCUT2D eigenvalue weighted by atomic mass is 16.5. The van der Waals surface area contributed by atoms with Crippen LogP contribution in [0.25, 0.3) is 0 Å². The molecule has 3 nitrogen and oxygen atoms in total. The fraction of sp³-hybridized carbons (Fsp3) is 0.700. The van der Waals surface area contributed by atoms with Crippen molar-refractivity contribution in [2.24, 2.45) is 5.92 Å². The number of rotatable bonds is 5. The molecule has 3 heteroatoms. The number of ether oxygens (including phenoxy) is 1. The van der Waals surface area contributed by atoms with E-state index in [-0.39, 0.29) is 18.0 Å². The van der Waals surface area contributed by atoms with Crippen LogP contribution in [0.15, 0.2) is 12.2 Å². The Labute approximate surface area is 79.4 Å². The van der Waals surface area contributed by atoms with Crippen LogP contribution >= 0.6 is 0 Å². The SMILES string of the molecule is CCOC(=O)/C=C/CC(O)C(C)C. The average Bonchev–Trinajstić information content (AvgIpc) is 2.04. The van der Waals surface area contributed by atoms with Crippen LogP contribution in [0.3, 0.4) is 0 Å². The molecule has 0 bridgehead atoms. The first-order chi connectivity index (χ1) is 6.07. The smallest absolute Gasteiger partial charge is 0.330 e. The van der Waals surface area contributed by atoms with E-state index >= 15 is 0 Å². The van der Waals surface area contributed by atoms with Crippen LogP contribution in [0.1, 0.15) is 27.2 Å². The standard InChI is InChI=1S/C10H18O3/c1-4-13-10(12)7-5-6-9(11)8(2)3/h5,7-9,11H,4,6H2,1-3H3/b7-5+. The topological polar surface area (TPSA) is 46.5 Å². The monoisotopic (exact) mass is 186 g/mol. The first-order valence-corrected chi connectivity index (χ1v) is 4.59. The van der Waals surface area contributed by atoms with Crippen LogP contribution in [-0.2, 0) is 9.53 Å². The lowest BCUT2D eigenvalue weighted by molar-refractivity contribution is -0.137. The number of esters is 1. The summed E-state index contributed by atoms with van der Waals surface area (Å²) in [7, 11) is 0. The van der Waals surface area contributed by atoms with Gasteiger partial charge in [0.1, 0.15) is 0 Å². The van der Waals surface area contributed by atoms with Gasteiger partial charge < -0.3 is 9.84 Å². The third kappa shape index (κ3) is 6.34. The Morgan fingerprint density at radius 1 is 1.54 bits per heavy atom. The molecule has 76 valence electrons. The maximum atomic E-state index is 10.8. The van der Waals surface area contributed by atoms with Gasteiger partial charge in [-0.05, 0) is 19.3 Å². The predicted octanol–water partition coefficient (Wildman–Crippen LogP) is 1.51. The molecule has 0 heterocycles. The molecular weight excluding hydrogens is 168 g/mol. The van der Waals surface area contributed by atoms with Gasteiger partial charge in [-0.3, -0.25) is 0 Å². The van der Waals surface area contributed by atoms with Gasteiger partial charge in [0.15, 0.2) is 0 Å². The van der Waals surface area contributed by atoms with E-state index < -0.39 is 0 Å². The lowest BCUT2D eigenvalue weighted by atomic mass is 10.0. The molecular formula is C10H18O3. The molecule has 1 N–H and O–H groups in total. The summed E-state index contributed by atoms with van der Waals surface area (Å²) in [5.41, 5.74) is 0. The average molecular weight is 186 g/mol. The summed E-state index contributed by atoms with van der Waals surface area (Å²) in [6.45, 7) is 6.01. The van der Waals surface area contributed by atoms with Gasteiger partial charge in [0.2, 0.25) is 0 Å². The van der Waals surface area contributed by atoms with Crippen LogP contribution < -0.4 is 0 Å². The van der Waals surface area contributed by atoms with Crippen molar-refractivity contribution in [2.75, 3.05) is 6.61 Å². The molecule has 0 saturated carbocycles. The van der Waals surface area contributed by atoms with Crippen molar-refractivity contribution < 1.29 is 14.6 Å². The number of carbonyl (C=O) groups is 1. The second-order valence-electron chi connectivity index (χ2n) is 3.20. The second-order valence-corrected chi connectivity index (χ2v) is 3.20. The molecule has 13 heavy (non-hydrogen) atoms. The van der Waals surface area contributed by atoms with Gasteiger partial charge in [-0.1, -0.05) is 19.9 Å². The van der Waals surface area contributed by atoms with Crippen LogP contribution in [0, 0.1) is 5.92 Å². The Bertz CT molecular complexity index is 173. The van der Waals surface area contributed by atoms with Crippen molar-refractivity contribution in [1.82, 2.24) is 0 Å². The molecule has 0 aliphatic heterocycles. The normalized spacial score (nSPS) is 13.6. The Balaban J connectivity index is 3.68. The van der Waals surface area contributed by atoms with E-state index in [1.54, 1.807) is 13.0 Å². The maximum absolute atomic E-state index is 10.8. The molecule has 0 aromatic rings. The summed E-state index contributed by atoms with van der Waals surface area (Å²) < 4.78 is 4.68. The van der Waals surface area contributed by atoms with Gasteiger partial charge in [-0.2, -0.15) is 0 Å². The largest absolute Gasteiger partial charge is 0.463 e. The van der Waals surface area contributed by atoms with E-state index in [1.807, 2.05) is 13.8 Å². The summed E-state index contributed by atoms with van der Waals surface area (Å²) in [5.74, 6) is -0.134. The van der Waals surface area contributed by atoms with Gasteiger partial charge in [-0.15, -0.1) is 0 Å². The molecule has 0 aliphatic carbocycles. The van der Waals surface area contributed by atoms with Gasteiger partial charge in [0.25, 0.3) is 0 Å². The zero-order valence-electron chi connectivity index (χ0n) is 8.49. The zero-order valence-corrected chi connectivity index (χ0v) is 8.49. The number of hydrogen-bond acceptors (Lipinski definition) is 3. The molecule has 0 spiro atoms. The highest BCUT2D eigenvalue weighted by Crippen LogP contribution is 2.05. The molecule has 0 fully saturated rings. The van der Waals surface area contributed by atoms with Crippen molar-refractivity contribution in [3.05, 3.63) is 12.2 Å². The molecule has 0 amide bonds. The Morgan fingerprint density at radius 2 is 2.15 bits per heavy atom. The second kappa shape index (κ2) is 6.66. The first-order valence-electron chi connectivity index (χ1n) is 4.59. The van der Waals surface area contributed by atoms with E-state index in [2.05, 4.69) is 4.74 Å². The highest BCUT2D eigenvalue weighted by molar-refractivity contribution is 5.81. The molecule has 0 aromatic heterocycles. The van der Waals surface area contributed by atoms with Gasteiger partial charge in [0.05, 0.1) is 12.7 Å². The summed E-state index contributed by atoms with van der Waals surface area (Å²) in [6, 6.07) is 0. The van der Waals surface area contributed by atoms with E-state index in [0.29, 0.717) is 13.0 Å². The molecule has 0 radical (unpaired) electrons. The quantitative estimate of drug-likeness (QED) is 0.523. The summed E-state index contributed by atoms with van der Waals surface area (Å²) in [4.78, 5) is 10.8. The lowest BCUT2D eigenvalue weighted by Crippen LogP contribution is -2.13. The predicted molar refractivity (Wildman–Crippen MR) is 51.2 cm³/mol. The van der Waals surface area contributed by atoms with Crippen LogP contribution in [0.5, 0.6) is 0 Å². The van der Waals surface area contributed by atoms with Crippen molar-refractivity contribution >= 4 is 5.97 Å². The van der Waals surface area contributed by atoms with Gasteiger partial charge >= 0.3 is 5.97 Å². The number of hydrogen-bond donors (Lipinski definition) is 1. The lowest BCUT2D eigenvalue weighted by Gasteiger charge is -2.10. The van der Waals surface area contributed by atoms with Crippen molar-refractivity contribution in [2.45, 2.75) is 33.3 Å². The molecule has 0 aliphatic rings. The summed E-state index contributed by atoms with van der Waals surface area (Å²) in [5, 5.41) is 9.37. The fourth-order valence-electron chi connectivity index (χ4n) is 0.766. The Kier molecular flexibility index (Phi) is 6.24. The zero-order chi connectivity index (χ0) is 10.3. The summed E-state index contributed by atoms with van der Waals surface area (Å²) >= 11 is 0. The van der Waals surface area contributed by atoms with Crippen molar-refractivity contribution in [3.63, 3.8) is 0 Å². The van der Waals surface area contributed by atoms with Crippen LogP contribution in [0.2, 0.25) is 0 Å². The first kappa shape index (κ1) is 12.2. The Morgan fingerprint density at radius 3 is 2.62 bits per heavy atom. The number of aliphatic hydroxyl groups excluding tert-OH is 1. The van der Waals surface area contributed by atoms with E-state index in [9.17, 15) is 9.90 Å². The fourth-order valence-corrected chi connectivity index (χ4v) is 0.766. The van der Waals surface area contributed by atoms with E-state index in [4.69, 9.17) is 0 Å². The van der Waals surface area contributed by atoms with Crippen LogP contribution in [0.4, 0.5) is 0 Å². The molecule has 0 aromatic carbocycles. The summed E-state index contributed by atoms with van der Waals surface area (Å²) in [6.07, 6.45) is 3.11. The minimum Gasteiger partial charge on any atom is -0.463 e. The highest BCUT2D eigenvalue weighted by Gasteiger charge is 2.06. The van der Waals surface area contributed by atoms with Crippen molar-refractivity contribution in [1.29, 1.82) is 0 Å². The van der Waals surface area contributed by atoms with Crippen molar-refractivity contribution in [3.8, 4) is 0 Å². The molecule has 0 rings (SSSR count). The Hall–Kier alpha value is -0.830. The number of carbonyl (C=O) groups excluding carboxylic acids is 1. The third-order valence-electron chi connectivity index (χ3n) is 1.69. The minimum absolute atomic E-state index is 0.215. The molecule has 1 atom stereocenters. The number of aliphatic hydroxyl groups is 1. The van der Waals surface area contributed by atoms with E-state index in [1.165, 1.54) is 6.08 Å². The van der Waals surface area contributed by atoms with Crippen LogP contribution in [-0.4, -0.2) is 23.8 Å². The minimum atomic E-state index is -0.384. The van der Waals surface area contributed by atoms with Gasteiger partial charge in [0, 0.05) is 6.08 Å².